The molecule has 0 fully saturated rings. The number of carbonyl (C=O) groups is 1. The van der Waals surface area contributed by atoms with Crippen LogP contribution in [0.1, 0.15) is 0 Å². The number of hydrogen-bond acceptors (Lipinski definition) is 6. The summed E-state index contributed by atoms with van der Waals surface area (Å²) in [6.07, 6.45) is 0. The van der Waals surface area contributed by atoms with Crippen LogP contribution in [0.25, 0.3) is 10.6 Å². The van der Waals surface area contributed by atoms with Crippen LogP contribution in [0.4, 0.5) is 5.13 Å². The molecule has 0 saturated heterocycles. The lowest BCUT2D eigenvalue weighted by Crippen LogP contribution is -2.21. The number of hydrogen-bond donors (Lipinski definition) is 2. The van der Waals surface area contributed by atoms with Gasteiger partial charge in [0.1, 0.15) is 10.8 Å². The smallest absolute Gasteiger partial charge is 0.239 e. The number of aromatic nitrogens is 2. The summed E-state index contributed by atoms with van der Waals surface area (Å²) in [6, 6.07) is 7.45. The molecule has 6 nitrogen and oxygen atoms in total. The molecule has 94 valence electrons. The van der Waals surface area contributed by atoms with Gasteiger partial charge in [-0.1, -0.05) is 11.3 Å². The molecule has 1 aromatic carbocycles. The summed E-state index contributed by atoms with van der Waals surface area (Å²) in [7, 11) is 1.61. The van der Waals surface area contributed by atoms with Crippen LogP contribution in [0, 0.1) is 0 Å². The van der Waals surface area contributed by atoms with Crippen LogP contribution in [0.15, 0.2) is 24.3 Å². The number of amides is 1. The van der Waals surface area contributed by atoms with E-state index in [0.717, 1.165) is 16.3 Å². The van der Waals surface area contributed by atoms with Gasteiger partial charge in [0, 0.05) is 5.56 Å². The highest BCUT2D eigenvalue weighted by Gasteiger charge is 2.08. The highest BCUT2D eigenvalue weighted by molar-refractivity contribution is 7.18. The zero-order valence-corrected chi connectivity index (χ0v) is 10.5. The lowest BCUT2D eigenvalue weighted by Gasteiger charge is -1.99. The Morgan fingerprint density at radius 1 is 1.39 bits per heavy atom. The molecular weight excluding hydrogens is 252 g/mol. The second-order valence-electron chi connectivity index (χ2n) is 3.39. The van der Waals surface area contributed by atoms with Crippen LogP contribution in [-0.4, -0.2) is 29.8 Å². The summed E-state index contributed by atoms with van der Waals surface area (Å²) < 4.78 is 5.07. The van der Waals surface area contributed by atoms with Gasteiger partial charge in [0.25, 0.3) is 0 Å². The molecule has 0 saturated carbocycles. The SMILES string of the molecule is COc1ccc(-c2nnc(NC(=O)CN)s2)cc1. The molecule has 0 unspecified atom stereocenters. The summed E-state index contributed by atoms with van der Waals surface area (Å²) >= 11 is 1.29. The van der Waals surface area contributed by atoms with Gasteiger partial charge < -0.3 is 10.5 Å². The number of rotatable bonds is 4. The third-order valence-corrected chi connectivity index (χ3v) is 3.08. The standard InChI is InChI=1S/C11H12N4O2S/c1-17-8-4-2-7(3-5-8)10-14-15-11(18-10)13-9(16)6-12/h2-5H,6,12H2,1H3,(H,13,15,16). The minimum atomic E-state index is -0.285. The van der Waals surface area contributed by atoms with Gasteiger partial charge in [-0.05, 0) is 24.3 Å². The van der Waals surface area contributed by atoms with Gasteiger partial charge >= 0.3 is 0 Å². The molecule has 0 aliphatic rings. The maximum absolute atomic E-state index is 11.1. The Bertz CT molecular complexity index is 538. The van der Waals surface area contributed by atoms with E-state index in [-0.39, 0.29) is 12.5 Å². The Hall–Kier alpha value is -1.99. The molecule has 0 radical (unpaired) electrons. The Kier molecular flexibility index (Phi) is 3.85. The molecule has 18 heavy (non-hydrogen) atoms. The molecule has 0 aliphatic heterocycles. The van der Waals surface area contributed by atoms with Crippen molar-refractivity contribution < 1.29 is 9.53 Å². The van der Waals surface area contributed by atoms with Crippen molar-refractivity contribution in [2.45, 2.75) is 0 Å². The first kappa shape index (κ1) is 12.5. The number of ether oxygens (including phenoxy) is 1. The first-order valence-electron chi connectivity index (χ1n) is 5.21. The van der Waals surface area contributed by atoms with E-state index >= 15 is 0 Å². The van der Waals surface area contributed by atoms with Crippen LogP contribution < -0.4 is 15.8 Å². The largest absolute Gasteiger partial charge is 0.497 e. The van der Waals surface area contributed by atoms with E-state index in [1.54, 1.807) is 7.11 Å². The molecule has 0 bridgehead atoms. The normalized spacial score (nSPS) is 10.1. The molecule has 3 N–H and O–H groups in total. The maximum atomic E-state index is 11.1. The van der Waals surface area contributed by atoms with Gasteiger partial charge in [-0.2, -0.15) is 0 Å². The predicted molar refractivity (Wildman–Crippen MR) is 69.6 cm³/mol. The van der Waals surface area contributed by atoms with E-state index in [9.17, 15) is 4.79 Å². The van der Waals surface area contributed by atoms with Crippen molar-refractivity contribution in [1.29, 1.82) is 0 Å². The summed E-state index contributed by atoms with van der Waals surface area (Å²) in [4.78, 5) is 11.1. The van der Waals surface area contributed by atoms with Crippen molar-refractivity contribution in [1.82, 2.24) is 10.2 Å². The molecule has 1 heterocycles. The molecule has 1 aromatic heterocycles. The quantitative estimate of drug-likeness (QED) is 0.863. The molecule has 2 aromatic rings. The Morgan fingerprint density at radius 2 is 2.11 bits per heavy atom. The van der Waals surface area contributed by atoms with Crippen molar-refractivity contribution in [3.8, 4) is 16.3 Å². The zero-order chi connectivity index (χ0) is 13.0. The molecule has 0 aliphatic carbocycles. The van der Waals surface area contributed by atoms with Crippen LogP contribution >= 0.6 is 11.3 Å². The number of anilines is 1. The second-order valence-corrected chi connectivity index (χ2v) is 4.37. The van der Waals surface area contributed by atoms with Gasteiger partial charge in [-0.3, -0.25) is 10.1 Å². The Labute approximate surface area is 108 Å². The summed E-state index contributed by atoms with van der Waals surface area (Å²) in [5.74, 6) is 0.493. The lowest BCUT2D eigenvalue weighted by molar-refractivity contribution is -0.114. The van der Waals surface area contributed by atoms with Crippen molar-refractivity contribution in [2.24, 2.45) is 5.73 Å². The van der Waals surface area contributed by atoms with Gasteiger partial charge in [-0.25, -0.2) is 0 Å². The first-order chi connectivity index (χ1) is 8.72. The second kappa shape index (κ2) is 5.56. The van der Waals surface area contributed by atoms with Crippen LogP contribution in [0.3, 0.4) is 0 Å². The fourth-order valence-corrected chi connectivity index (χ4v) is 2.06. The number of nitrogens with zero attached hydrogens (tertiary/aromatic N) is 2. The average Bonchev–Trinajstić information content (AvgIpc) is 2.87. The Morgan fingerprint density at radius 3 is 2.72 bits per heavy atom. The third-order valence-electron chi connectivity index (χ3n) is 2.19. The molecule has 0 atom stereocenters. The van der Waals surface area contributed by atoms with E-state index in [2.05, 4.69) is 15.5 Å². The van der Waals surface area contributed by atoms with E-state index in [4.69, 9.17) is 10.5 Å². The summed E-state index contributed by atoms with van der Waals surface area (Å²) in [5.41, 5.74) is 6.12. The van der Waals surface area contributed by atoms with Gasteiger partial charge in [-0.15, -0.1) is 10.2 Å². The van der Waals surface area contributed by atoms with Crippen LogP contribution in [-0.2, 0) is 4.79 Å². The fourth-order valence-electron chi connectivity index (χ4n) is 1.29. The average molecular weight is 264 g/mol. The van der Waals surface area contributed by atoms with E-state index in [0.29, 0.717) is 5.13 Å². The van der Waals surface area contributed by atoms with Crippen molar-refractivity contribution in [3.63, 3.8) is 0 Å². The zero-order valence-electron chi connectivity index (χ0n) is 9.71. The number of methoxy groups -OCH3 is 1. The number of carbonyl (C=O) groups excluding carboxylic acids is 1. The molecule has 0 spiro atoms. The van der Waals surface area contributed by atoms with Crippen molar-refractivity contribution in [3.05, 3.63) is 24.3 Å². The van der Waals surface area contributed by atoms with E-state index < -0.39 is 0 Å². The number of nitrogens with one attached hydrogen (secondary N) is 1. The maximum Gasteiger partial charge on any atom is 0.239 e. The lowest BCUT2D eigenvalue weighted by atomic mass is 10.2. The minimum absolute atomic E-state index is 0.0720. The van der Waals surface area contributed by atoms with E-state index in [1.165, 1.54) is 11.3 Å². The number of benzene rings is 1. The topological polar surface area (TPSA) is 90.1 Å². The fraction of sp³-hybridized carbons (Fsp3) is 0.182. The van der Waals surface area contributed by atoms with Gasteiger partial charge in [0.2, 0.25) is 11.0 Å². The van der Waals surface area contributed by atoms with Crippen LogP contribution in [0.2, 0.25) is 0 Å². The predicted octanol–water partition coefficient (Wildman–Crippen LogP) is 1.11. The highest BCUT2D eigenvalue weighted by Crippen LogP contribution is 2.27. The third kappa shape index (κ3) is 2.82. The van der Waals surface area contributed by atoms with Gasteiger partial charge in [0.15, 0.2) is 0 Å². The molecular formula is C11H12N4O2S. The van der Waals surface area contributed by atoms with Crippen molar-refractivity contribution >= 4 is 22.4 Å². The summed E-state index contributed by atoms with van der Waals surface area (Å²) in [5, 5.41) is 11.6. The number of nitrogens with two attached hydrogens (primary N) is 1. The van der Waals surface area contributed by atoms with Gasteiger partial charge in [0.05, 0.1) is 13.7 Å². The molecule has 1 amide bonds. The van der Waals surface area contributed by atoms with Crippen molar-refractivity contribution in [2.75, 3.05) is 19.0 Å². The molecule has 7 heteroatoms. The molecule has 2 rings (SSSR count). The first-order valence-corrected chi connectivity index (χ1v) is 6.02. The van der Waals surface area contributed by atoms with E-state index in [1.807, 2.05) is 24.3 Å². The summed E-state index contributed by atoms with van der Waals surface area (Å²) in [6.45, 7) is -0.0720. The Balaban J connectivity index is 2.15. The minimum Gasteiger partial charge on any atom is -0.497 e. The highest BCUT2D eigenvalue weighted by atomic mass is 32.1. The van der Waals surface area contributed by atoms with Crippen LogP contribution in [0.5, 0.6) is 5.75 Å². The monoisotopic (exact) mass is 264 g/mol.